The summed E-state index contributed by atoms with van der Waals surface area (Å²) in [6.45, 7) is 1.51. The fourth-order valence-electron chi connectivity index (χ4n) is 3.18. The molecule has 29 heavy (non-hydrogen) atoms. The van der Waals surface area contributed by atoms with Crippen molar-refractivity contribution in [3.05, 3.63) is 47.3 Å². The number of carbonyl (C=O) groups is 1. The van der Waals surface area contributed by atoms with E-state index in [0.29, 0.717) is 43.2 Å². The van der Waals surface area contributed by atoms with Crippen LogP contribution in [0.5, 0.6) is 0 Å². The summed E-state index contributed by atoms with van der Waals surface area (Å²) in [7, 11) is 3.11. The number of aromatic nitrogens is 2. The van der Waals surface area contributed by atoms with Crippen molar-refractivity contribution in [2.45, 2.75) is 24.9 Å². The van der Waals surface area contributed by atoms with Crippen LogP contribution in [0.15, 0.2) is 30.5 Å². The summed E-state index contributed by atoms with van der Waals surface area (Å²) in [6.07, 6.45) is -1.25. The first-order chi connectivity index (χ1) is 13.9. The van der Waals surface area contributed by atoms with E-state index >= 15 is 0 Å². The van der Waals surface area contributed by atoms with Gasteiger partial charge in [-0.15, -0.1) is 0 Å². The second-order valence-corrected chi connectivity index (χ2v) is 6.96. The molecule has 1 aliphatic rings. The van der Waals surface area contributed by atoms with E-state index in [1.165, 1.54) is 16.9 Å². The molecule has 0 N–H and O–H groups in total. The van der Waals surface area contributed by atoms with E-state index in [1.54, 1.807) is 25.2 Å². The van der Waals surface area contributed by atoms with Gasteiger partial charge in [0.05, 0.1) is 41.9 Å². The smallest absolute Gasteiger partial charge is 0.383 e. The molecule has 0 atom stereocenters. The topological polar surface area (TPSA) is 56.6 Å². The quantitative estimate of drug-likeness (QED) is 0.634. The molecular formula is C20H24F3N3O3. The van der Waals surface area contributed by atoms with Gasteiger partial charge in [-0.1, -0.05) is 6.07 Å². The van der Waals surface area contributed by atoms with Crippen molar-refractivity contribution >= 4 is 5.91 Å². The number of halogens is 3. The molecule has 0 unspecified atom stereocenters. The number of carbonyl (C=O) groups excluding carboxylic acids is 1. The summed E-state index contributed by atoms with van der Waals surface area (Å²) in [5, 5.41) is 4.27. The van der Waals surface area contributed by atoms with Crippen LogP contribution in [0, 0.1) is 0 Å². The molecule has 0 aliphatic heterocycles. The van der Waals surface area contributed by atoms with Gasteiger partial charge in [-0.3, -0.25) is 4.79 Å². The predicted octanol–water partition coefficient (Wildman–Crippen LogP) is 3.50. The molecule has 0 bridgehead atoms. The zero-order valence-electron chi connectivity index (χ0n) is 16.4. The molecule has 2 aromatic rings. The lowest BCUT2D eigenvalue weighted by Gasteiger charge is -2.22. The van der Waals surface area contributed by atoms with Crippen LogP contribution in [-0.2, 0) is 15.7 Å². The minimum atomic E-state index is -4.45. The number of alkyl halides is 3. The number of ether oxygens (including phenoxy) is 2. The van der Waals surface area contributed by atoms with Crippen molar-refractivity contribution in [2.75, 3.05) is 40.5 Å². The molecule has 0 spiro atoms. The van der Waals surface area contributed by atoms with Crippen molar-refractivity contribution < 1.29 is 27.4 Å². The van der Waals surface area contributed by atoms with Crippen molar-refractivity contribution in [1.29, 1.82) is 0 Å². The average molecular weight is 411 g/mol. The standard InChI is InChI=1S/C20H24F3N3O3/c1-28-10-8-25(9-11-29-2)19(27)17-13-24-26(18(17)14-6-7-14)16-5-3-4-15(12-16)20(21,22)23/h3-5,12-14H,6-11H2,1-2H3. The third-order valence-corrected chi connectivity index (χ3v) is 4.84. The third kappa shape index (κ3) is 4.97. The highest BCUT2D eigenvalue weighted by Crippen LogP contribution is 2.43. The normalized spacial score (nSPS) is 14.2. The van der Waals surface area contributed by atoms with Gasteiger partial charge in [-0.2, -0.15) is 18.3 Å². The average Bonchev–Trinajstić information content (AvgIpc) is 3.45. The third-order valence-electron chi connectivity index (χ3n) is 4.84. The highest BCUT2D eigenvalue weighted by atomic mass is 19.4. The van der Waals surface area contributed by atoms with Crippen LogP contribution in [0.2, 0.25) is 0 Å². The summed E-state index contributed by atoms with van der Waals surface area (Å²) < 4.78 is 51.0. The Morgan fingerprint density at radius 3 is 2.41 bits per heavy atom. The summed E-state index contributed by atoms with van der Waals surface area (Å²) >= 11 is 0. The van der Waals surface area contributed by atoms with Gasteiger partial charge in [-0.25, -0.2) is 4.68 Å². The first kappa shape index (κ1) is 21.3. The van der Waals surface area contributed by atoms with E-state index in [4.69, 9.17) is 9.47 Å². The minimum Gasteiger partial charge on any atom is -0.383 e. The molecule has 158 valence electrons. The molecule has 3 rings (SSSR count). The predicted molar refractivity (Wildman–Crippen MR) is 100 cm³/mol. The molecule has 1 saturated carbocycles. The number of benzene rings is 1. The van der Waals surface area contributed by atoms with Gasteiger partial charge in [0.1, 0.15) is 0 Å². The monoisotopic (exact) mass is 411 g/mol. The van der Waals surface area contributed by atoms with Gasteiger partial charge in [0.2, 0.25) is 0 Å². The largest absolute Gasteiger partial charge is 0.416 e. The molecule has 1 aromatic heterocycles. The number of nitrogens with zero attached hydrogens (tertiary/aromatic N) is 3. The van der Waals surface area contributed by atoms with Crippen LogP contribution < -0.4 is 0 Å². The van der Waals surface area contributed by atoms with Gasteiger partial charge in [-0.05, 0) is 31.0 Å². The van der Waals surface area contributed by atoms with E-state index in [0.717, 1.165) is 25.0 Å². The van der Waals surface area contributed by atoms with E-state index < -0.39 is 11.7 Å². The van der Waals surface area contributed by atoms with Crippen molar-refractivity contribution in [3.8, 4) is 5.69 Å². The lowest BCUT2D eigenvalue weighted by molar-refractivity contribution is -0.137. The molecule has 6 nitrogen and oxygen atoms in total. The summed E-state index contributed by atoms with van der Waals surface area (Å²) in [5.74, 6) is -0.114. The first-order valence-corrected chi connectivity index (χ1v) is 9.39. The van der Waals surface area contributed by atoms with Crippen molar-refractivity contribution in [3.63, 3.8) is 0 Å². The highest BCUT2D eigenvalue weighted by molar-refractivity contribution is 5.95. The van der Waals surface area contributed by atoms with E-state index in [2.05, 4.69) is 5.10 Å². The van der Waals surface area contributed by atoms with Crippen molar-refractivity contribution in [1.82, 2.24) is 14.7 Å². The van der Waals surface area contributed by atoms with Crippen LogP contribution >= 0.6 is 0 Å². The number of rotatable bonds is 9. The Morgan fingerprint density at radius 2 is 1.86 bits per heavy atom. The van der Waals surface area contributed by atoms with Crippen LogP contribution in [0.1, 0.15) is 40.4 Å². The molecular weight excluding hydrogens is 387 g/mol. The minimum absolute atomic E-state index is 0.109. The first-order valence-electron chi connectivity index (χ1n) is 9.39. The fourth-order valence-corrected chi connectivity index (χ4v) is 3.18. The van der Waals surface area contributed by atoms with Crippen LogP contribution in [0.3, 0.4) is 0 Å². The number of methoxy groups -OCH3 is 2. The van der Waals surface area contributed by atoms with Gasteiger partial charge >= 0.3 is 6.18 Å². The Hall–Kier alpha value is -2.39. The Morgan fingerprint density at radius 1 is 1.21 bits per heavy atom. The second-order valence-electron chi connectivity index (χ2n) is 6.96. The summed E-state index contributed by atoms with van der Waals surface area (Å²) in [6, 6.07) is 4.99. The molecule has 9 heteroatoms. The lowest BCUT2D eigenvalue weighted by atomic mass is 10.1. The Balaban J connectivity index is 1.96. The van der Waals surface area contributed by atoms with Crippen LogP contribution in [0.4, 0.5) is 13.2 Å². The van der Waals surface area contributed by atoms with Crippen LogP contribution in [-0.4, -0.2) is 61.1 Å². The maximum Gasteiger partial charge on any atom is 0.416 e. The zero-order chi connectivity index (χ0) is 21.0. The van der Waals surface area contributed by atoms with Crippen molar-refractivity contribution in [2.24, 2.45) is 0 Å². The van der Waals surface area contributed by atoms with Gasteiger partial charge in [0.25, 0.3) is 5.91 Å². The van der Waals surface area contributed by atoms with Gasteiger partial charge in [0.15, 0.2) is 0 Å². The fraction of sp³-hybridized carbons (Fsp3) is 0.500. The highest BCUT2D eigenvalue weighted by Gasteiger charge is 2.35. The molecule has 1 heterocycles. The number of amides is 1. The maximum atomic E-state index is 13.2. The number of hydrogen-bond donors (Lipinski definition) is 0. The molecule has 1 aliphatic carbocycles. The zero-order valence-corrected chi connectivity index (χ0v) is 16.4. The molecule has 0 radical (unpaired) electrons. The lowest BCUT2D eigenvalue weighted by Crippen LogP contribution is -2.36. The molecule has 1 amide bonds. The van der Waals surface area contributed by atoms with Gasteiger partial charge in [0, 0.05) is 33.2 Å². The molecule has 0 saturated heterocycles. The molecule has 1 aromatic carbocycles. The Bertz CT molecular complexity index is 839. The van der Waals surface area contributed by atoms with Crippen LogP contribution in [0.25, 0.3) is 5.69 Å². The summed E-state index contributed by atoms with van der Waals surface area (Å²) in [4.78, 5) is 14.8. The van der Waals surface area contributed by atoms with E-state index in [-0.39, 0.29) is 11.8 Å². The molecule has 1 fully saturated rings. The second kappa shape index (κ2) is 8.96. The van der Waals surface area contributed by atoms with E-state index in [9.17, 15) is 18.0 Å². The Kier molecular flexibility index (Phi) is 6.59. The maximum absolute atomic E-state index is 13.2. The van der Waals surface area contributed by atoms with Gasteiger partial charge < -0.3 is 14.4 Å². The number of hydrogen-bond acceptors (Lipinski definition) is 4. The summed E-state index contributed by atoms with van der Waals surface area (Å²) in [5.41, 5.74) is 0.620. The Labute approximate surface area is 167 Å². The van der Waals surface area contributed by atoms with E-state index in [1.807, 2.05) is 0 Å². The SMILES string of the molecule is COCCN(CCOC)C(=O)c1cnn(-c2cccc(C(F)(F)F)c2)c1C1CC1.